The summed E-state index contributed by atoms with van der Waals surface area (Å²) in [7, 11) is 0. The molecule has 0 fully saturated rings. The lowest BCUT2D eigenvalue weighted by atomic mass is 9.96. The highest BCUT2D eigenvalue weighted by atomic mass is 16.3. The van der Waals surface area contributed by atoms with Gasteiger partial charge < -0.3 is 5.11 Å². The van der Waals surface area contributed by atoms with Crippen molar-refractivity contribution in [3.05, 3.63) is 60.2 Å². The average molecular weight is 335 g/mol. The van der Waals surface area contributed by atoms with Crippen LogP contribution in [-0.2, 0) is 0 Å². The van der Waals surface area contributed by atoms with Crippen LogP contribution in [0.15, 0.2) is 54.6 Å². The second-order valence-corrected chi connectivity index (χ2v) is 6.85. The number of benzene rings is 3. The first-order valence-electron chi connectivity index (χ1n) is 9.58. The molecule has 3 aromatic carbocycles. The number of aliphatic hydroxyl groups excluding tert-OH is 1. The summed E-state index contributed by atoms with van der Waals surface area (Å²) in [5, 5.41) is 16.0. The van der Waals surface area contributed by atoms with Gasteiger partial charge in [0.1, 0.15) is 6.23 Å². The van der Waals surface area contributed by atoms with E-state index in [0.29, 0.717) is 0 Å². The Labute approximate surface area is 151 Å². The van der Waals surface area contributed by atoms with Gasteiger partial charge in [0.25, 0.3) is 0 Å². The zero-order chi connectivity index (χ0) is 17.6. The third-order valence-corrected chi connectivity index (χ3v) is 5.02. The lowest BCUT2D eigenvalue weighted by Gasteiger charge is -2.29. The molecule has 0 aliphatic heterocycles. The molecule has 132 valence electrons. The van der Waals surface area contributed by atoms with E-state index in [0.717, 1.165) is 44.3 Å². The van der Waals surface area contributed by atoms with Gasteiger partial charge in [-0.1, -0.05) is 81.3 Å². The first kappa shape index (κ1) is 17.9. The fourth-order valence-electron chi connectivity index (χ4n) is 3.58. The molecule has 0 saturated heterocycles. The molecule has 2 heteroatoms. The summed E-state index contributed by atoms with van der Waals surface area (Å²) in [6.07, 6.45) is 3.98. The van der Waals surface area contributed by atoms with Crippen molar-refractivity contribution in [1.29, 1.82) is 0 Å². The van der Waals surface area contributed by atoms with Crippen molar-refractivity contribution < 1.29 is 5.11 Å². The van der Waals surface area contributed by atoms with Crippen molar-refractivity contribution in [2.75, 3.05) is 13.1 Å². The SMILES string of the molecule is CCCCN(CCCC)C(O)c1cccc2ccc3ccccc3c12. The Hall–Kier alpha value is -1.90. The summed E-state index contributed by atoms with van der Waals surface area (Å²) in [5.74, 6) is 0. The molecular weight excluding hydrogens is 306 g/mol. The van der Waals surface area contributed by atoms with Gasteiger partial charge >= 0.3 is 0 Å². The Morgan fingerprint density at radius 1 is 0.800 bits per heavy atom. The second-order valence-electron chi connectivity index (χ2n) is 6.85. The monoisotopic (exact) mass is 335 g/mol. The second kappa shape index (κ2) is 8.46. The van der Waals surface area contributed by atoms with Crippen LogP contribution in [0.5, 0.6) is 0 Å². The van der Waals surface area contributed by atoms with Gasteiger partial charge in [-0.2, -0.15) is 0 Å². The van der Waals surface area contributed by atoms with Crippen LogP contribution in [-0.4, -0.2) is 23.1 Å². The Kier molecular flexibility index (Phi) is 6.06. The number of rotatable bonds is 8. The number of fused-ring (bicyclic) bond motifs is 3. The van der Waals surface area contributed by atoms with Crippen LogP contribution in [0.2, 0.25) is 0 Å². The predicted molar refractivity (Wildman–Crippen MR) is 108 cm³/mol. The molecule has 3 rings (SSSR count). The minimum atomic E-state index is -0.549. The molecule has 0 aliphatic carbocycles. The van der Waals surface area contributed by atoms with Gasteiger partial charge in [0.05, 0.1) is 0 Å². The zero-order valence-electron chi connectivity index (χ0n) is 15.4. The quantitative estimate of drug-likeness (QED) is 0.410. The molecule has 1 N–H and O–H groups in total. The van der Waals surface area contributed by atoms with Crippen LogP contribution in [0.25, 0.3) is 21.5 Å². The summed E-state index contributed by atoms with van der Waals surface area (Å²) in [6, 6.07) is 19.1. The maximum absolute atomic E-state index is 11.2. The van der Waals surface area contributed by atoms with Crippen molar-refractivity contribution in [3.63, 3.8) is 0 Å². The van der Waals surface area contributed by atoms with Gasteiger partial charge in [-0.05, 0) is 34.4 Å². The molecule has 0 aromatic heterocycles. The molecule has 1 unspecified atom stereocenters. The Bertz CT molecular complexity index is 819. The molecule has 25 heavy (non-hydrogen) atoms. The molecule has 0 heterocycles. The zero-order valence-corrected chi connectivity index (χ0v) is 15.4. The molecule has 2 nitrogen and oxygen atoms in total. The Morgan fingerprint density at radius 2 is 1.44 bits per heavy atom. The highest BCUT2D eigenvalue weighted by Gasteiger charge is 2.19. The maximum Gasteiger partial charge on any atom is 0.134 e. The van der Waals surface area contributed by atoms with Crippen LogP contribution in [0.1, 0.15) is 51.3 Å². The van der Waals surface area contributed by atoms with E-state index in [1.807, 2.05) is 0 Å². The highest BCUT2D eigenvalue weighted by Crippen LogP contribution is 2.33. The highest BCUT2D eigenvalue weighted by molar-refractivity contribution is 6.09. The molecular formula is C23H29NO. The molecule has 0 spiro atoms. The van der Waals surface area contributed by atoms with E-state index < -0.39 is 6.23 Å². The van der Waals surface area contributed by atoms with Crippen LogP contribution in [0.3, 0.4) is 0 Å². The fourth-order valence-corrected chi connectivity index (χ4v) is 3.58. The van der Waals surface area contributed by atoms with E-state index in [2.05, 4.69) is 73.3 Å². The van der Waals surface area contributed by atoms with E-state index in [-0.39, 0.29) is 0 Å². The first-order valence-corrected chi connectivity index (χ1v) is 9.58. The molecule has 0 bridgehead atoms. The van der Waals surface area contributed by atoms with E-state index in [9.17, 15) is 5.11 Å². The predicted octanol–water partition coefficient (Wildman–Crippen LogP) is 5.89. The lowest BCUT2D eigenvalue weighted by molar-refractivity contribution is 0.00106. The summed E-state index contributed by atoms with van der Waals surface area (Å²) in [6.45, 7) is 6.29. The van der Waals surface area contributed by atoms with Crippen molar-refractivity contribution >= 4 is 21.5 Å². The molecule has 1 atom stereocenters. The maximum atomic E-state index is 11.2. The lowest BCUT2D eigenvalue weighted by Crippen LogP contribution is -2.31. The Morgan fingerprint density at radius 3 is 2.16 bits per heavy atom. The standard InChI is InChI=1S/C23H29NO/c1-3-5-16-24(17-6-4-2)23(25)21-13-9-11-19-15-14-18-10-7-8-12-20(18)22(19)21/h7-15,23,25H,3-6,16-17H2,1-2H3. The molecule has 3 aromatic rings. The van der Waals surface area contributed by atoms with Gasteiger partial charge in [-0.25, -0.2) is 0 Å². The fraction of sp³-hybridized carbons (Fsp3) is 0.391. The number of hydrogen-bond donors (Lipinski definition) is 1. The van der Waals surface area contributed by atoms with E-state index >= 15 is 0 Å². The third kappa shape index (κ3) is 3.86. The van der Waals surface area contributed by atoms with Gasteiger partial charge in [-0.15, -0.1) is 0 Å². The van der Waals surface area contributed by atoms with Crippen molar-refractivity contribution in [2.45, 2.75) is 45.8 Å². The largest absolute Gasteiger partial charge is 0.374 e. The Balaban J connectivity index is 2.07. The van der Waals surface area contributed by atoms with Crippen LogP contribution < -0.4 is 0 Å². The minimum absolute atomic E-state index is 0.549. The van der Waals surface area contributed by atoms with Crippen molar-refractivity contribution in [2.24, 2.45) is 0 Å². The van der Waals surface area contributed by atoms with E-state index in [1.165, 1.54) is 21.5 Å². The van der Waals surface area contributed by atoms with E-state index in [4.69, 9.17) is 0 Å². The molecule has 0 aliphatic rings. The third-order valence-electron chi connectivity index (χ3n) is 5.02. The normalized spacial score (nSPS) is 13.0. The smallest absolute Gasteiger partial charge is 0.134 e. The number of nitrogens with zero attached hydrogens (tertiary/aromatic N) is 1. The topological polar surface area (TPSA) is 23.5 Å². The average Bonchev–Trinajstić information content (AvgIpc) is 2.67. The molecule has 0 radical (unpaired) electrons. The van der Waals surface area contributed by atoms with Crippen molar-refractivity contribution in [3.8, 4) is 0 Å². The molecule has 0 amide bonds. The van der Waals surface area contributed by atoms with Gasteiger partial charge in [0.2, 0.25) is 0 Å². The first-order chi connectivity index (χ1) is 12.3. The van der Waals surface area contributed by atoms with Crippen LogP contribution in [0, 0.1) is 0 Å². The summed E-state index contributed by atoms with van der Waals surface area (Å²) in [4.78, 5) is 2.24. The molecule has 0 saturated carbocycles. The van der Waals surface area contributed by atoms with Gasteiger partial charge in [-0.3, -0.25) is 4.90 Å². The number of hydrogen-bond acceptors (Lipinski definition) is 2. The number of aliphatic hydroxyl groups is 1. The van der Waals surface area contributed by atoms with E-state index in [1.54, 1.807) is 0 Å². The van der Waals surface area contributed by atoms with Gasteiger partial charge in [0.15, 0.2) is 0 Å². The minimum Gasteiger partial charge on any atom is -0.374 e. The van der Waals surface area contributed by atoms with Crippen LogP contribution >= 0.6 is 0 Å². The summed E-state index contributed by atoms with van der Waals surface area (Å²) >= 11 is 0. The van der Waals surface area contributed by atoms with Crippen molar-refractivity contribution in [1.82, 2.24) is 4.90 Å². The summed E-state index contributed by atoms with van der Waals surface area (Å²) < 4.78 is 0. The van der Waals surface area contributed by atoms with Crippen LogP contribution in [0.4, 0.5) is 0 Å². The number of unbranched alkanes of at least 4 members (excludes halogenated alkanes) is 2. The summed E-state index contributed by atoms with van der Waals surface area (Å²) in [5.41, 5.74) is 1.03. The van der Waals surface area contributed by atoms with Gasteiger partial charge in [0, 0.05) is 18.7 Å².